The fourth-order valence-corrected chi connectivity index (χ4v) is 4.55. The van der Waals surface area contributed by atoms with Crippen LogP contribution in [0.3, 0.4) is 0 Å². The average molecular weight is 439 g/mol. The smallest absolute Gasteiger partial charge is 0.184 e. The molecule has 0 saturated carbocycles. The Morgan fingerprint density at radius 2 is 1.50 bits per heavy atom. The quantitative estimate of drug-likeness (QED) is 0.372. The Morgan fingerprint density at radius 3 is 2.28 bits per heavy atom. The molecule has 4 heteroatoms. The molecule has 32 heavy (non-hydrogen) atoms. The van der Waals surface area contributed by atoms with E-state index in [9.17, 15) is 0 Å². The van der Waals surface area contributed by atoms with Gasteiger partial charge in [0.2, 0.25) is 0 Å². The van der Waals surface area contributed by atoms with Gasteiger partial charge in [0, 0.05) is 5.56 Å². The Morgan fingerprint density at radius 1 is 0.781 bits per heavy atom. The third-order valence-corrected chi connectivity index (χ3v) is 6.55. The number of ether oxygens (including phenoxy) is 4. The summed E-state index contributed by atoms with van der Waals surface area (Å²) in [5, 5.41) is 0. The van der Waals surface area contributed by atoms with Crippen molar-refractivity contribution in [2.45, 2.75) is 89.8 Å². The average Bonchev–Trinajstić information content (AvgIpc) is 2.84. The Bertz CT molecular complexity index is 801. The van der Waals surface area contributed by atoms with Gasteiger partial charge in [-0.25, -0.2) is 0 Å². The van der Waals surface area contributed by atoms with Gasteiger partial charge in [0.25, 0.3) is 0 Å². The molecule has 0 spiro atoms. The van der Waals surface area contributed by atoms with Crippen molar-refractivity contribution in [2.75, 3.05) is 13.2 Å². The van der Waals surface area contributed by atoms with Gasteiger partial charge in [-0.05, 0) is 43.9 Å². The summed E-state index contributed by atoms with van der Waals surface area (Å²) in [6.07, 6.45) is 9.50. The van der Waals surface area contributed by atoms with E-state index in [1.807, 2.05) is 0 Å². The lowest BCUT2D eigenvalue weighted by molar-refractivity contribution is -0.289. The van der Waals surface area contributed by atoms with Crippen LogP contribution in [0.4, 0.5) is 0 Å². The van der Waals surface area contributed by atoms with Gasteiger partial charge < -0.3 is 18.9 Å². The molecule has 0 aromatic heterocycles. The molecule has 2 aliphatic heterocycles. The highest BCUT2D eigenvalue weighted by Crippen LogP contribution is 2.38. The topological polar surface area (TPSA) is 36.9 Å². The maximum Gasteiger partial charge on any atom is 0.184 e. The molecule has 2 aromatic rings. The van der Waals surface area contributed by atoms with Crippen molar-refractivity contribution in [2.24, 2.45) is 0 Å². The van der Waals surface area contributed by atoms with E-state index in [4.69, 9.17) is 18.9 Å². The van der Waals surface area contributed by atoms with Crippen molar-refractivity contribution < 1.29 is 18.9 Å². The minimum Gasteiger partial charge on any atom is -0.494 e. The molecular formula is C28H38O4. The monoisotopic (exact) mass is 438 g/mol. The number of rotatable bonds is 10. The van der Waals surface area contributed by atoms with Crippen LogP contribution in [-0.4, -0.2) is 25.4 Å². The van der Waals surface area contributed by atoms with Crippen LogP contribution in [0.25, 0.3) is 0 Å². The summed E-state index contributed by atoms with van der Waals surface area (Å²) in [5.74, 6) is 0.946. The minimum atomic E-state index is -0.292. The van der Waals surface area contributed by atoms with Gasteiger partial charge in [-0.15, -0.1) is 0 Å². The Hall–Kier alpha value is -1.88. The number of hydrogen-bond acceptors (Lipinski definition) is 4. The molecule has 4 rings (SSSR count). The molecule has 174 valence electrons. The standard InChI is InChI=1S/C28H38O4/c1-3-4-5-6-7-8-19-29-24-15-13-22(14-16-24)25-17-18-26-27(31-25)20-30-28(32-26)23-11-9-21(2)10-12-23/h9-16,25-28H,3-8,17-20H2,1-2H3/t25-,26+,27-,28-/m1/s1. The predicted octanol–water partition coefficient (Wildman–Crippen LogP) is 7.07. The lowest BCUT2D eigenvalue weighted by Crippen LogP contribution is -2.45. The number of hydrogen-bond donors (Lipinski definition) is 0. The third-order valence-electron chi connectivity index (χ3n) is 6.55. The summed E-state index contributed by atoms with van der Waals surface area (Å²) in [6, 6.07) is 16.8. The lowest BCUT2D eigenvalue weighted by Gasteiger charge is -2.42. The van der Waals surface area contributed by atoms with Gasteiger partial charge in [-0.1, -0.05) is 81.0 Å². The summed E-state index contributed by atoms with van der Waals surface area (Å²) in [5.41, 5.74) is 3.52. The Balaban J connectivity index is 1.21. The largest absolute Gasteiger partial charge is 0.494 e. The van der Waals surface area contributed by atoms with Crippen LogP contribution in [0.2, 0.25) is 0 Å². The van der Waals surface area contributed by atoms with Gasteiger partial charge in [0.05, 0.1) is 25.4 Å². The Labute approximate surface area is 193 Å². The molecule has 0 aliphatic carbocycles. The van der Waals surface area contributed by atoms with Crippen LogP contribution in [0.15, 0.2) is 48.5 Å². The van der Waals surface area contributed by atoms with Crippen molar-refractivity contribution in [1.29, 1.82) is 0 Å². The first-order valence-electron chi connectivity index (χ1n) is 12.4. The van der Waals surface area contributed by atoms with Gasteiger partial charge >= 0.3 is 0 Å². The summed E-state index contributed by atoms with van der Waals surface area (Å²) >= 11 is 0. The number of aryl methyl sites for hydroxylation is 1. The molecule has 2 fully saturated rings. The van der Waals surface area contributed by atoms with Crippen LogP contribution < -0.4 is 4.74 Å². The molecule has 2 saturated heterocycles. The van der Waals surface area contributed by atoms with Crippen LogP contribution in [0.5, 0.6) is 5.75 Å². The summed E-state index contributed by atoms with van der Waals surface area (Å²) in [6.45, 7) is 5.71. The molecule has 0 radical (unpaired) electrons. The predicted molar refractivity (Wildman–Crippen MR) is 127 cm³/mol. The highest BCUT2D eigenvalue weighted by molar-refractivity contribution is 5.29. The third kappa shape index (κ3) is 6.34. The van der Waals surface area contributed by atoms with Crippen LogP contribution >= 0.6 is 0 Å². The van der Waals surface area contributed by atoms with E-state index in [0.29, 0.717) is 6.61 Å². The molecule has 2 aromatic carbocycles. The van der Waals surface area contributed by atoms with E-state index in [-0.39, 0.29) is 24.6 Å². The first kappa shape index (κ1) is 23.3. The highest BCUT2D eigenvalue weighted by Gasteiger charge is 2.38. The van der Waals surface area contributed by atoms with E-state index >= 15 is 0 Å². The molecule has 2 aliphatic rings. The number of benzene rings is 2. The van der Waals surface area contributed by atoms with Crippen molar-refractivity contribution in [3.05, 3.63) is 65.2 Å². The molecule has 0 amide bonds. The maximum absolute atomic E-state index is 6.37. The van der Waals surface area contributed by atoms with Gasteiger partial charge in [0.15, 0.2) is 6.29 Å². The van der Waals surface area contributed by atoms with E-state index in [1.165, 1.54) is 43.2 Å². The second kappa shape index (κ2) is 11.8. The van der Waals surface area contributed by atoms with E-state index in [1.54, 1.807) is 0 Å². The first-order chi connectivity index (χ1) is 15.7. The second-order valence-electron chi connectivity index (χ2n) is 9.18. The zero-order valence-corrected chi connectivity index (χ0v) is 19.6. The van der Waals surface area contributed by atoms with E-state index in [0.717, 1.165) is 37.2 Å². The van der Waals surface area contributed by atoms with Crippen LogP contribution in [0.1, 0.15) is 87.4 Å². The normalized spacial score (nSPS) is 25.3. The van der Waals surface area contributed by atoms with Crippen molar-refractivity contribution >= 4 is 0 Å². The number of unbranched alkanes of at least 4 members (excludes halogenated alkanes) is 5. The summed E-state index contributed by atoms with van der Waals surface area (Å²) < 4.78 is 24.5. The fraction of sp³-hybridized carbons (Fsp3) is 0.571. The molecule has 4 atom stereocenters. The van der Waals surface area contributed by atoms with E-state index in [2.05, 4.69) is 62.4 Å². The Kier molecular flexibility index (Phi) is 8.61. The maximum atomic E-state index is 6.37. The molecule has 4 nitrogen and oxygen atoms in total. The highest BCUT2D eigenvalue weighted by atomic mass is 16.7. The van der Waals surface area contributed by atoms with Crippen LogP contribution in [0, 0.1) is 6.92 Å². The van der Waals surface area contributed by atoms with Crippen molar-refractivity contribution in [3.8, 4) is 5.75 Å². The van der Waals surface area contributed by atoms with Crippen LogP contribution in [-0.2, 0) is 14.2 Å². The number of fused-ring (bicyclic) bond motifs is 1. The molecule has 0 bridgehead atoms. The van der Waals surface area contributed by atoms with Gasteiger partial charge in [0.1, 0.15) is 11.9 Å². The molecule has 2 heterocycles. The summed E-state index contributed by atoms with van der Waals surface area (Å²) in [4.78, 5) is 0. The molecular weight excluding hydrogens is 400 g/mol. The van der Waals surface area contributed by atoms with Crippen molar-refractivity contribution in [3.63, 3.8) is 0 Å². The summed E-state index contributed by atoms with van der Waals surface area (Å²) in [7, 11) is 0. The molecule has 0 unspecified atom stereocenters. The lowest BCUT2D eigenvalue weighted by atomic mass is 9.95. The van der Waals surface area contributed by atoms with Gasteiger partial charge in [-0.3, -0.25) is 0 Å². The zero-order valence-electron chi connectivity index (χ0n) is 19.6. The first-order valence-corrected chi connectivity index (χ1v) is 12.4. The van der Waals surface area contributed by atoms with Gasteiger partial charge in [-0.2, -0.15) is 0 Å². The second-order valence-corrected chi connectivity index (χ2v) is 9.18. The van der Waals surface area contributed by atoms with Crippen molar-refractivity contribution in [1.82, 2.24) is 0 Å². The fourth-order valence-electron chi connectivity index (χ4n) is 4.55. The molecule has 0 N–H and O–H groups in total. The minimum absolute atomic E-state index is 0.0147. The zero-order chi connectivity index (χ0) is 22.2. The van der Waals surface area contributed by atoms with E-state index < -0.39 is 0 Å². The SMILES string of the molecule is CCCCCCCCOc1ccc([C@H]2CC[C@@H]3O[C@H](c4ccc(C)cc4)OC[C@H]3O2)cc1.